The number of carbonyl (C=O) groups is 2. The molecule has 0 bridgehead atoms. The van der Waals surface area contributed by atoms with Gasteiger partial charge in [-0.05, 0) is 55.3 Å². The summed E-state index contributed by atoms with van der Waals surface area (Å²) >= 11 is 6.12. The van der Waals surface area contributed by atoms with Crippen molar-refractivity contribution in [3.8, 4) is 5.75 Å². The maximum absolute atomic E-state index is 14.0. The number of amides is 2. The molecule has 0 radical (unpaired) electrons. The first-order valence-electron chi connectivity index (χ1n) is 12.5. The molecule has 3 aromatic rings. The van der Waals surface area contributed by atoms with Crippen LogP contribution in [0.2, 0.25) is 5.02 Å². The number of nitrogens with zero attached hydrogens (tertiary/aromatic N) is 2. The van der Waals surface area contributed by atoms with E-state index < -0.39 is 28.5 Å². The fourth-order valence-electron chi connectivity index (χ4n) is 4.15. The minimum atomic E-state index is -3.86. The predicted molar refractivity (Wildman–Crippen MR) is 154 cm³/mol. The van der Waals surface area contributed by atoms with Crippen molar-refractivity contribution in [2.24, 2.45) is 0 Å². The first-order chi connectivity index (χ1) is 18.5. The molecule has 3 rings (SSSR count). The van der Waals surface area contributed by atoms with Crippen LogP contribution in [0.25, 0.3) is 0 Å². The fourth-order valence-corrected chi connectivity index (χ4v) is 5.17. The third-order valence-electron chi connectivity index (χ3n) is 5.96. The topological polar surface area (TPSA) is 96.0 Å². The summed E-state index contributed by atoms with van der Waals surface area (Å²) in [5, 5.41) is 3.26. The molecule has 0 unspecified atom stereocenters. The monoisotopic (exact) mass is 571 g/mol. The first-order valence-corrected chi connectivity index (χ1v) is 14.7. The van der Waals surface area contributed by atoms with Crippen LogP contribution in [0.1, 0.15) is 25.0 Å². The van der Waals surface area contributed by atoms with Crippen LogP contribution in [0.4, 0.5) is 5.69 Å². The number of hydrogen-bond donors (Lipinski definition) is 1. The lowest BCUT2D eigenvalue weighted by Crippen LogP contribution is -2.54. The Balaban J connectivity index is 2.07. The number of ether oxygens (including phenoxy) is 1. The van der Waals surface area contributed by atoms with E-state index in [4.69, 9.17) is 16.3 Å². The van der Waals surface area contributed by atoms with Crippen molar-refractivity contribution >= 4 is 39.1 Å². The Hall–Kier alpha value is -3.56. The van der Waals surface area contributed by atoms with Gasteiger partial charge in [0, 0.05) is 24.0 Å². The van der Waals surface area contributed by atoms with Gasteiger partial charge in [0.15, 0.2) is 0 Å². The second kappa shape index (κ2) is 13.5. The molecule has 0 heterocycles. The molecule has 8 nitrogen and oxygen atoms in total. The molecule has 0 saturated carbocycles. The smallest absolute Gasteiger partial charge is 0.244 e. The number of sulfonamides is 1. The normalized spacial score (nSPS) is 12.1. The minimum absolute atomic E-state index is 0.0617. The molecule has 0 saturated heterocycles. The molecular weight excluding hydrogens is 538 g/mol. The second-order valence-corrected chi connectivity index (χ2v) is 11.8. The van der Waals surface area contributed by atoms with Gasteiger partial charge in [-0.25, -0.2) is 8.42 Å². The van der Waals surface area contributed by atoms with Crippen molar-refractivity contribution in [1.82, 2.24) is 10.2 Å². The molecule has 0 fully saturated rings. The summed E-state index contributed by atoms with van der Waals surface area (Å²) in [6.07, 6.45) is 1.27. The highest BCUT2D eigenvalue weighted by molar-refractivity contribution is 7.92. The Morgan fingerprint density at radius 2 is 1.62 bits per heavy atom. The highest BCUT2D eigenvalue weighted by Gasteiger charge is 2.33. The van der Waals surface area contributed by atoms with Crippen molar-refractivity contribution in [1.29, 1.82) is 0 Å². The van der Waals surface area contributed by atoms with E-state index in [1.54, 1.807) is 43.5 Å². The molecule has 0 spiro atoms. The maximum atomic E-state index is 14.0. The fraction of sp³-hybridized carbons (Fsp3) is 0.310. The van der Waals surface area contributed by atoms with Crippen LogP contribution in [0.3, 0.4) is 0 Å². The summed E-state index contributed by atoms with van der Waals surface area (Å²) in [5.74, 6) is -0.273. The molecule has 1 atom stereocenters. The van der Waals surface area contributed by atoms with Crippen molar-refractivity contribution in [2.45, 2.75) is 38.9 Å². The summed E-state index contributed by atoms with van der Waals surface area (Å²) < 4.78 is 31.9. The Bertz CT molecular complexity index is 1380. The number of nitrogens with one attached hydrogen (secondary N) is 1. The van der Waals surface area contributed by atoms with Gasteiger partial charge in [-0.3, -0.25) is 13.9 Å². The number of carbonyl (C=O) groups excluding carboxylic acids is 2. The Labute approximate surface area is 235 Å². The lowest BCUT2D eigenvalue weighted by molar-refractivity contribution is -0.140. The van der Waals surface area contributed by atoms with Crippen LogP contribution in [0.5, 0.6) is 5.75 Å². The zero-order chi connectivity index (χ0) is 28.6. The zero-order valence-corrected chi connectivity index (χ0v) is 24.1. The lowest BCUT2D eigenvalue weighted by Gasteiger charge is -2.34. The highest BCUT2D eigenvalue weighted by Crippen LogP contribution is 2.24. The highest BCUT2D eigenvalue weighted by atomic mass is 35.5. The van der Waals surface area contributed by atoms with Crippen molar-refractivity contribution in [3.63, 3.8) is 0 Å². The van der Waals surface area contributed by atoms with Gasteiger partial charge in [0.2, 0.25) is 21.8 Å². The van der Waals surface area contributed by atoms with E-state index in [0.29, 0.717) is 10.8 Å². The molecule has 3 aromatic carbocycles. The minimum Gasteiger partial charge on any atom is -0.497 e. The van der Waals surface area contributed by atoms with Crippen molar-refractivity contribution in [3.05, 3.63) is 95.0 Å². The summed E-state index contributed by atoms with van der Waals surface area (Å²) in [5.41, 5.74) is 1.84. The SMILES string of the molecule is COc1cccc(CN(C(=O)CN(c2cccc(Cl)c2)S(C)(=O)=O)[C@H](Cc2ccccc2)C(=O)NC(C)C)c1. The molecule has 10 heteroatoms. The molecule has 0 aliphatic heterocycles. The number of rotatable bonds is 12. The molecule has 39 heavy (non-hydrogen) atoms. The van der Waals surface area contributed by atoms with Gasteiger partial charge in [-0.1, -0.05) is 60.1 Å². The largest absolute Gasteiger partial charge is 0.497 e. The summed E-state index contributed by atoms with van der Waals surface area (Å²) in [7, 11) is -2.32. The molecular formula is C29H34ClN3O5S. The van der Waals surface area contributed by atoms with Crippen LogP contribution in [-0.2, 0) is 32.6 Å². The standard InChI is InChI=1S/C29H34ClN3O5S/c1-21(2)31-29(35)27(17-22-10-6-5-7-11-22)32(19-23-12-8-15-26(16-23)38-3)28(34)20-33(39(4,36)37)25-14-9-13-24(30)18-25/h5-16,18,21,27H,17,19-20H2,1-4H3,(H,31,35)/t27-/m1/s1. The summed E-state index contributed by atoms with van der Waals surface area (Å²) in [6, 6.07) is 21.8. The number of methoxy groups -OCH3 is 1. The van der Waals surface area contributed by atoms with Crippen LogP contribution in [-0.4, -0.2) is 57.1 Å². The molecule has 0 aromatic heterocycles. The number of hydrogen-bond acceptors (Lipinski definition) is 5. The molecule has 0 aliphatic carbocycles. The lowest BCUT2D eigenvalue weighted by atomic mass is 10.0. The molecule has 2 amide bonds. The zero-order valence-electron chi connectivity index (χ0n) is 22.5. The Morgan fingerprint density at radius 3 is 2.23 bits per heavy atom. The number of anilines is 1. The Kier molecular flexibility index (Phi) is 10.4. The van der Waals surface area contributed by atoms with Gasteiger partial charge in [0.05, 0.1) is 19.1 Å². The average molecular weight is 572 g/mol. The van der Waals surface area contributed by atoms with Gasteiger partial charge in [-0.15, -0.1) is 0 Å². The van der Waals surface area contributed by atoms with E-state index in [1.165, 1.54) is 11.0 Å². The van der Waals surface area contributed by atoms with Gasteiger partial charge in [0.25, 0.3) is 0 Å². The maximum Gasteiger partial charge on any atom is 0.244 e. The Morgan fingerprint density at radius 1 is 0.949 bits per heavy atom. The van der Waals surface area contributed by atoms with E-state index in [-0.39, 0.29) is 30.6 Å². The van der Waals surface area contributed by atoms with Crippen LogP contribution in [0.15, 0.2) is 78.9 Å². The van der Waals surface area contributed by atoms with E-state index in [9.17, 15) is 18.0 Å². The van der Waals surface area contributed by atoms with E-state index in [0.717, 1.165) is 21.7 Å². The van der Waals surface area contributed by atoms with Gasteiger partial charge in [0.1, 0.15) is 18.3 Å². The summed E-state index contributed by atoms with van der Waals surface area (Å²) in [4.78, 5) is 29.0. The van der Waals surface area contributed by atoms with Gasteiger partial charge >= 0.3 is 0 Å². The van der Waals surface area contributed by atoms with Crippen LogP contribution < -0.4 is 14.4 Å². The average Bonchev–Trinajstić information content (AvgIpc) is 2.88. The molecule has 208 valence electrons. The van der Waals surface area contributed by atoms with Crippen LogP contribution in [0, 0.1) is 0 Å². The van der Waals surface area contributed by atoms with Gasteiger partial charge < -0.3 is 15.0 Å². The quantitative estimate of drug-likeness (QED) is 0.350. The third kappa shape index (κ3) is 8.73. The van der Waals surface area contributed by atoms with Crippen molar-refractivity contribution < 1.29 is 22.7 Å². The van der Waals surface area contributed by atoms with E-state index >= 15 is 0 Å². The number of benzene rings is 3. The first kappa shape index (κ1) is 30.0. The van der Waals surface area contributed by atoms with E-state index in [1.807, 2.05) is 50.2 Å². The third-order valence-corrected chi connectivity index (χ3v) is 7.34. The van der Waals surface area contributed by atoms with Gasteiger partial charge in [-0.2, -0.15) is 0 Å². The molecule has 0 aliphatic rings. The second-order valence-electron chi connectivity index (χ2n) is 9.49. The van der Waals surface area contributed by atoms with Crippen LogP contribution >= 0.6 is 11.6 Å². The summed E-state index contributed by atoms with van der Waals surface area (Å²) in [6.45, 7) is 3.24. The predicted octanol–water partition coefficient (Wildman–Crippen LogP) is 4.28. The van der Waals surface area contributed by atoms with Crippen molar-refractivity contribution in [2.75, 3.05) is 24.2 Å². The van der Waals surface area contributed by atoms with E-state index in [2.05, 4.69) is 5.32 Å². The number of halogens is 1. The molecule has 1 N–H and O–H groups in total.